The number of hydrogen-bond acceptors (Lipinski definition) is 2. The van der Waals surface area contributed by atoms with E-state index in [1.165, 1.54) is 24.3 Å². The Labute approximate surface area is 161 Å². The highest BCUT2D eigenvalue weighted by Gasteiger charge is 2.37. The van der Waals surface area contributed by atoms with Crippen LogP contribution in [0.3, 0.4) is 0 Å². The zero-order valence-electron chi connectivity index (χ0n) is 16.7. The van der Waals surface area contributed by atoms with E-state index >= 15 is 0 Å². The van der Waals surface area contributed by atoms with Crippen LogP contribution in [0.15, 0.2) is 24.3 Å². The van der Waals surface area contributed by atoms with E-state index in [2.05, 4.69) is 25.7 Å². The maximum atomic E-state index is 13.2. The Kier molecular flexibility index (Phi) is 5.87. The Morgan fingerprint density at radius 2 is 1.74 bits per heavy atom. The number of piperidine rings is 1. The van der Waals surface area contributed by atoms with Crippen molar-refractivity contribution in [2.45, 2.75) is 58.9 Å². The van der Waals surface area contributed by atoms with Crippen molar-refractivity contribution in [1.82, 2.24) is 9.80 Å². The molecular weight excluding hydrogens is 343 g/mol. The van der Waals surface area contributed by atoms with Gasteiger partial charge in [-0.15, -0.1) is 0 Å². The fourth-order valence-electron chi connectivity index (χ4n) is 4.42. The molecule has 27 heavy (non-hydrogen) atoms. The summed E-state index contributed by atoms with van der Waals surface area (Å²) in [7, 11) is 0. The normalized spacial score (nSPS) is 23.6. The van der Waals surface area contributed by atoms with Gasteiger partial charge in [0.1, 0.15) is 5.82 Å². The van der Waals surface area contributed by atoms with E-state index in [4.69, 9.17) is 0 Å². The summed E-state index contributed by atoms with van der Waals surface area (Å²) in [5.41, 5.74) is 0.682. The monoisotopic (exact) mass is 374 g/mol. The molecule has 2 heterocycles. The number of benzene rings is 1. The van der Waals surface area contributed by atoms with Gasteiger partial charge in [0.2, 0.25) is 5.91 Å². The number of nitrogens with zero attached hydrogens (tertiary/aromatic N) is 2. The average molecular weight is 375 g/mol. The first-order chi connectivity index (χ1) is 12.7. The van der Waals surface area contributed by atoms with E-state index in [9.17, 15) is 14.0 Å². The molecule has 0 aromatic heterocycles. The van der Waals surface area contributed by atoms with E-state index in [1.54, 1.807) is 4.90 Å². The maximum Gasteiger partial charge on any atom is 0.253 e. The average Bonchev–Trinajstić information content (AvgIpc) is 3.07. The predicted octanol–water partition coefficient (Wildman–Crippen LogP) is 4.11. The van der Waals surface area contributed by atoms with Crippen molar-refractivity contribution in [3.63, 3.8) is 0 Å². The van der Waals surface area contributed by atoms with Crippen molar-refractivity contribution in [3.05, 3.63) is 35.6 Å². The second-order valence-corrected chi connectivity index (χ2v) is 9.19. The molecule has 2 aliphatic rings. The first kappa shape index (κ1) is 19.8. The van der Waals surface area contributed by atoms with Crippen molar-refractivity contribution >= 4 is 11.8 Å². The Morgan fingerprint density at radius 3 is 2.41 bits per heavy atom. The van der Waals surface area contributed by atoms with Gasteiger partial charge in [-0.3, -0.25) is 9.59 Å². The van der Waals surface area contributed by atoms with Gasteiger partial charge >= 0.3 is 0 Å². The summed E-state index contributed by atoms with van der Waals surface area (Å²) in [6.45, 7) is 8.62. The Morgan fingerprint density at radius 1 is 1.07 bits per heavy atom. The molecule has 2 saturated heterocycles. The van der Waals surface area contributed by atoms with Crippen LogP contribution >= 0.6 is 0 Å². The largest absolute Gasteiger partial charge is 0.339 e. The molecule has 2 amide bonds. The van der Waals surface area contributed by atoms with E-state index < -0.39 is 0 Å². The Bertz CT molecular complexity index is 681. The topological polar surface area (TPSA) is 40.6 Å². The molecule has 5 heteroatoms. The van der Waals surface area contributed by atoms with Crippen LogP contribution in [0, 0.1) is 17.2 Å². The van der Waals surface area contributed by atoms with Gasteiger partial charge in [0.05, 0.1) is 5.92 Å². The maximum absolute atomic E-state index is 13.2. The first-order valence-corrected chi connectivity index (χ1v) is 10.1. The highest BCUT2D eigenvalue weighted by atomic mass is 19.1. The number of halogens is 1. The highest BCUT2D eigenvalue weighted by molar-refractivity contribution is 5.94. The van der Waals surface area contributed by atoms with Crippen LogP contribution in [-0.4, -0.2) is 47.3 Å². The first-order valence-electron chi connectivity index (χ1n) is 10.1. The third-order valence-corrected chi connectivity index (χ3v) is 5.66. The highest BCUT2D eigenvalue weighted by Crippen LogP contribution is 2.32. The van der Waals surface area contributed by atoms with Crippen molar-refractivity contribution in [3.8, 4) is 0 Å². The minimum atomic E-state index is -0.350. The molecule has 2 atom stereocenters. The molecular formula is C22H31FN2O2. The lowest BCUT2D eigenvalue weighted by Crippen LogP contribution is -2.48. The van der Waals surface area contributed by atoms with Gasteiger partial charge in [-0.1, -0.05) is 20.8 Å². The van der Waals surface area contributed by atoms with Gasteiger partial charge in [0, 0.05) is 31.2 Å². The zero-order chi connectivity index (χ0) is 19.6. The van der Waals surface area contributed by atoms with Crippen LogP contribution in [-0.2, 0) is 4.79 Å². The van der Waals surface area contributed by atoms with E-state index in [0.29, 0.717) is 24.7 Å². The van der Waals surface area contributed by atoms with Crippen LogP contribution in [0.1, 0.15) is 63.2 Å². The molecule has 3 rings (SSSR count). The van der Waals surface area contributed by atoms with Crippen LogP contribution in [0.4, 0.5) is 4.39 Å². The number of carbonyl (C=O) groups is 2. The summed E-state index contributed by atoms with van der Waals surface area (Å²) in [4.78, 5) is 29.7. The Hall–Kier alpha value is -1.91. The molecule has 0 saturated carbocycles. The molecule has 148 valence electrons. The van der Waals surface area contributed by atoms with E-state index in [1.807, 2.05) is 0 Å². The molecule has 2 aliphatic heterocycles. The number of rotatable bonds is 3. The standard InChI is InChI=1S/C22H31FN2O2/c1-22(2,3)14-19-7-5-13-25(19)21(27)17-6-4-12-24(15-17)20(26)16-8-10-18(23)11-9-16/h8-11,17,19H,4-7,12-15H2,1-3H3. The summed E-state index contributed by atoms with van der Waals surface area (Å²) >= 11 is 0. The minimum Gasteiger partial charge on any atom is -0.339 e. The molecule has 0 bridgehead atoms. The Balaban J connectivity index is 1.65. The van der Waals surface area contributed by atoms with Crippen molar-refractivity contribution < 1.29 is 14.0 Å². The number of hydrogen-bond donors (Lipinski definition) is 0. The molecule has 0 spiro atoms. The second kappa shape index (κ2) is 7.99. The third kappa shape index (κ3) is 4.88. The number of amides is 2. The third-order valence-electron chi connectivity index (χ3n) is 5.66. The van der Waals surface area contributed by atoms with Gasteiger partial charge in [0.25, 0.3) is 5.91 Å². The SMILES string of the molecule is CC(C)(C)CC1CCCN1C(=O)C1CCCN(C(=O)c2ccc(F)cc2)C1. The predicted molar refractivity (Wildman–Crippen MR) is 104 cm³/mol. The number of likely N-dealkylation sites (tertiary alicyclic amines) is 2. The van der Waals surface area contributed by atoms with E-state index in [0.717, 1.165) is 38.6 Å². The van der Waals surface area contributed by atoms with Crippen LogP contribution in [0.5, 0.6) is 0 Å². The van der Waals surface area contributed by atoms with Crippen molar-refractivity contribution in [2.24, 2.45) is 11.3 Å². The molecule has 0 radical (unpaired) electrons. The molecule has 4 nitrogen and oxygen atoms in total. The quantitative estimate of drug-likeness (QED) is 0.799. The minimum absolute atomic E-state index is 0.111. The van der Waals surface area contributed by atoms with Gasteiger partial charge in [0.15, 0.2) is 0 Å². The van der Waals surface area contributed by atoms with Crippen molar-refractivity contribution in [1.29, 1.82) is 0 Å². The molecule has 0 N–H and O–H groups in total. The van der Waals surface area contributed by atoms with Gasteiger partial charge in [-0.2, -0.15) is 0 Å². The fraction of sp³-hybridized carbons (Fsp3) is 0.636. The van der Waals surface area contributed by atoms with Crippen LogP contribution in [0.2, 0.25) is 0 Å². The molecule has 1 aromatic carbocycles. The van der Waals surface area contributed by atoms with Crippen molar-refractivity contribution in [2.75, 3.05) is 19.6 Å². The second-order valence-electron chi connectivity index (χ2n) is 9.19. The summed E-state index contributed by atoms with van der Waals surface area (Å²) in [6, 6.07) is 5.97. The molecule has 0 aliphatic carbocycles. The summed E-state index contributed by atoms with van der Waals surface area (Å²) in [5.74, 6) is -0.376. The molecule has 2 fully saturated rings. The van der Waals surface area contributed by atoms with Gasteiger partial charge in [-0.05, 0) is 61.8 Å². The zero-order valence-corrected chi connectivity index (χ0v) is 16.7. The van der Waals surface area contributed by atoms with Crippen LogP contribution < -0.4 is 0 Å². The summed E-state index contributed by atoms with van der Waals surface area (Å²) in [5, 5.41) is 0. The molecule has 1 aromatic rings. The van der Waals surface area contributed by atoms with Gasteiger partial charge in [-0.25, -0.2) is 4.39 Å². The smallest absolute Gasteiger partial charge is 0.253 e. The lowest BCUT2D eigenvalue weighted by molar-refractivity contribution is -0.138. The van der Waals surface area contributed by atoms with E-state index in [-0.39, 0.29) is 29.0 Å². The fourth-order valence-corrected chi connectivity index (χ4v) is 4.42. The molecule has 2 unspecified atom stereocenters. The summed E-state index contributed by atoms with van der Waals surface area (Å²) in [6.07, 6.45) is 4.83. The van der Waals surface area contributed by atoms with Gasteiger partial charge < -0.3 is 9.80 Å². The van der Waals surface area contributed by atoms with Crippen LogP contribution in [0.25, 0.3) is 0 Å². The lowest BCUT2D eigenvalue weighted by atomic mass is 9.86. The summed E-state index contributed by atoms with van der Waals surface area (Å²) < 4.78 is 13.1. The lowest BCUT2D eigenvalue weighted by Gasteiger charge is -2.37. The number of carbonyl (C=O) groups excluding carboxylic acids is 2.